The number of nitrogens with one attached hydrogen (secondary N) is 1. The van der Waals surface area contributed by atoms with E-state index in [-0.39, 0.29) is 5.91 Å². The highest BCUT2D eigenvalue weighted by Gasteiger charge is 2.16. The molecule has 1 aliphatic heterocycles. The van der Waals surface area contributed by atoms with Gasteiger partial charge in [0.25, 0.3) is 5.91 Å². The number of rotatable bonds is 4. The number of amides is 1. The highest BCUT2D eigenvalue weighted by Crippen LogP contribution is 2.30. The molecule has 0 saturated heterocycles. The molecule has 0 bridgehead atoms. The Bertz CT molecular complexity index is 682. The van der Waals surface area contributed by atoms with Gasteiger partial charge in [-0.15, -0.1) is 21.5 Å². The maximum atomic E-state index is 12.1. The molecule has 2 aromatic heterocycles. The first-order valence-corrected chi connectivity index (χ1v) is 8.86. The lowest BCUT2D eigenvalue weighted by Crippen LogP contribution is -2.26. The highest BCUT2D eigenvalue weighted by atomic mass is 35.5. The van der Waals surface area contributed by atoms with Crippen LogP contribution in [0.25, 0.3) is 0 Å². The molecule has 118 valence electrons. The average Bonchev–Trinajstić information content (AvgIpc) is 2.93. The van der Waals surface area contributed by atoms with Crippen molar-refractivity contribution >= 4 is 40.4 Å². The fourth-order valence-corrected chi connectivity index (χ4v) is 4.07. The maximum Gasteiger partial charge on any atom is 0.253 e. The molecule has 0 spiro atoms. The largest absolute Gasteiger partial charge is 0.352 e. The summed E-state index contributed by atoms with van der Waals surface area (Å²) in [5.74, 6) is 1.79. The van der Waals surface area contributed by atoms with Crippen LogP contribution < -0.4 is 5.32 Å². The Kier molecular flexibility index (Phi) is 5.00. The molecule has 0 fully saturated rings. The van der Waals surface area contributed by atoms with E-state index in [1.54, 1.807) is 6.07 Å². The second-order valence-corrected chi connectivity index (χ2v) is 7.52. The zero-order chi connectivity index (χ0) is 15.5. The van der Waals surface area contributed by atoms with Gasteiger partial charge in [-0.1, -0.05) is 29.6 Å². The van der Waals surface area contributed by atoms with E-state index in [4.69, 9.17) is 23.2 Å². The van der Waals surface area contributed by atoms with Crippen molar-refractivity contribution in [1.82, 2.24) is 20.1 Å². The van der Waals surface area contributed by atoms with E-state index in [0.717, 1.165) is 31.0 Å². The highest BCUT2D eigenvalue weighted by molar-refractivity contribution is 7.20. The number of aromatic nitrogens is 3. The van der Waals surface area contributed by atoms with Gasteiger partial charge in [-0.05, 0) is 18.9 Å². The fourth-order valence-electron chi connectivity index (χ4n) is 2.61. The third-order valence-electron chi connectivity index (χ3n) is 3.72. The van der Waals surface area contributed by atoms with E-state index in [1.807, 2.05) is 0 Å². The van der Waals surface area contributed by atoms with Crippen molar-refractivity contribution in [3.8, 4) is 0 Å². The standard InChI is InChI=1S/C14H16Cl2N4OS/c15-10-8-9(13(16)22-10)14(21)17-6-5-12-19-18-11-4-2-1-3-7-20(11)12/h8H,1-7H2,(H,17,21). The summed E-state index contributed by atoms with van der Waals surface area (Å²) in [5.41, 5.74) is 0.428. The molecular formula is C14H16Cl2N4OS. The minimum Gasteiger partial charge on any atom is -0.352 e. The first-order valence-electron chi connectivity index (χ1n) is 7.29. The molecule has 0 aromatic carbocycles. The first kappa shape index (κ1) is 15.8. The van der Waals surface area contributed by atoms with Gasteiger partial charge in [0, 0.05) is 25.9 Å². The smallest absolute Gasteiger partial charge is 0.253 e. The molecule has 1 aliphatic rings. The second kappa shape index (κ2) is 6.98. The molecule has 0 atom stereocenters. The lowest BCUT2D eigenvalue weighted by Gasteiger charge is -2.07. The van der Waals surface area contributed by atoms with Crippen LogP contribution in [0.5, 0.6) is 0 Å². The number of fused-ring (bicyclic) bond motifs is 1. The van der Waals surface area contributed by atoms with Crippen molar-refractivity contribution in [1.29, 1.82) is 0 Å². The molecule has 3 heterocycles. The summed E-state index contributed by atoms with van der Waals surface area (Å²) in [5, 5.41) is 11.4. The molecule has 0 unspecified atom stereocenters. The molecule has 5 nitrogen and oxygen atoms in total. The third kappa shape index (κ3) is 3.45. The molecular weight excluding hydrogens is 343 g/mol. The molecule has 2 aromatic rings. The monoisotopic (exact) mass is 358 g/mol. The van der Waals surface area contributed by atoms with Gasteiger partial charge in [-0.2, -0.15) is 0 Å². The minimum absolute atomic E-state index is 0.205. The summed E-state index contributed by atoms with van der Waals surface area (Å²) < 4.78 is 3.12. The van der Waals surface area contributed by atoms with Crippen LogP contribution in [-0.4, -0.2) is 27.2 Å². The predicted molar refractivity (Wildman–Crippen MR) is 88.0 cm³/mol. The van der Waals surface area contributed by atoms with Crippen LogP contribution in [-0.2, 0) is 19.4 Å². The third-order valence-corrected chi connectivity index (χ3v) is 5.21. The quantitative estimate of drug-likeness (QED) is 0.911. The molecule has 22 heavy (non-hydrogen) atoms. The van der Waals surface area contributed by atoms with E-state index in [1.165, 1.54) is 24.2 Å². The van der Waals surface area contributed by atoms with E-state index in [0.29, 0.717) is 27.2 Å². The van der Waals surface area contributed by atoms with Gasteiger partial charge in [0.05, 0.1) is 9.90 Å². The summed E-state index contributed by atoms with van der Waals surface area (Å²) in [6.07, 6.45) is 5.22. The van der Waals surface area contributed by atoms with E-state index in [9.17, 15) is 4.79 Å². The molecule has 3 rings (SSSR count). The SMILES string of the molecule is O=C(NCCc1nnc2n1CCCCC2)c1cc(Cl)sc1Cl. The zero-order valence-corrected chi connectivity index (χ0v) is 14.3. The summed E-state index contributed by atoms with van der Waals surface area (Å²) in [4.78, 5) is 12.1. The van der Waals surface area contributed by atoms with Crippen LogP contribution in [0.15, 0.2) is 6.07 Å². The van der Waals surface area contributed by atoms with Gasteiger partial charge in [0.2, 0.25) is 0 Å². The molecule has 1 N–H and O–H groups in total. The number of thiophene rings is 1. The van der Waals surface area contributed by atoms with Gasteiger partial charge in [-0.3, -0.25) is 4.79 Å². The van der Waals surface area contributed by atoms with Crippen molar-refractivity contribution in [3.05, 3.63) is 32.0 Å². The Hall–Kier alpha value is -1.11. The molecule has 0 radical (unpaired) electrons. The number of carbonyl (C=O) groups excluding carboxylic acids is 1. The van der Waals surface area contributed by atoms with Crippen molar-refractivity contribution < 1.29 is 4.79 Å². The number of nitrogens with zero attached hydrogens (tertiary/aromatic N) is 3. The predicted octanol–water partition coefficient (Wildman–Crippen LogP) is 3.35. The Morgan fingerprint density at radius 2 is 2.18 bits per heavy atom. The lowest BCUT2D eigenvalue weighted by molar-refractivity contribution is 0.0954. The topological polar surface area (TPSA) is 59.8 Å². The van der Waals surface area contributed by atoms with Crippen molar-refractivity contribution in [2.45, 2.75) is 38.6 Å². The average molecular weight is 359 g/mol. The normalized spacial score (nSPS) is 14.5. The van der Waals surface area contributed by atoms with E-state index in [2.05, 4.69) is 20.1 Å². The van der Waals surface area contributed by atoms with Crippen molar-refractivity contribution in [2.75, 3.05) is 6.54 Å². The second-order valence-electron chi connectivity index (χ2n) is 5.24. The van der Waals surface area contributed by atoms with Gasteiger partial charge in [0.1, 0.15) is 16.0 Å². The van der Waals surface area contributed by atoms with Gasteiger partial charge in [0.15, 0.2) is 0 Å². The summed E-state index contributed by atoms with van der Waals surface area (Å²) >= 11 is 13.0. The van der Waals surface area contributed by atoms with Crippen molar-refractivity contribution in [3.63, 3.8) is 0 Å². The fraction of sp³-hybridized carbons (Fsp3) is 0.500. The van der Waals surface area contributed by atoms with E-state index >= 15 is 0 Å². The Balaban J connectivity index is 1.58. The Morgan fingerprint density at radius 3 is 2.95 bits per heavy atom. The van der Waals surface area contributed by atoms with Crippen LogP contribution in [0.3, 0.4) is 0 Å². The first-order chi connectivity index (χ1) is 10.6. The molecule has 8 heteroatoms. The number of carbonyl (C=O) groups is 1. The number of halogens is 2. The maximum absolute atomic E-state index is 12.1. The number of hydrogen-bond acceptors (Lipinski definition) is 4. The lowest BCUT2D eigenvalue weighted by atomic mass is 10.2. The Morgan fingerprint density at radius 1 is 1.32 bits per heavy atom. The number of aryl methyl sites for hydroxylation is 1. The summed E-state index contributed by atoms with van der Waals surface area (Å²) in [6, 6.07) is 1.59. The van der Waals surface area contributed by atoms with Crippen LogP contribution in [0.2, 0.25) is 8.67 Å². The minimum atomic E-state index is -0.205. The van der Waals surface area contributed by atoms with Crippen LogP contribution >= 0.6 is 34.5 Å². The van der Waals surface area contributed by atoms with Crippen LogP contribution in [0, 0.1) is 0 Å². The van der Waals surface area contributed by atoms with E-state index < -0.39 is 0 Å². The Labute approximate surface area is 142 Å². The van der Waals surface area contributed by atoms with Crippen LogP contribution in [0.1, 0.15) is 41.3 Å². The van der Waals surface area contributed by atoms with Crippen LogP contribution in [0.4, 0.5) is 0 Å². The molecule has 0 aliphatic carbocycles. The van der Waals surface area contributed by atoms with Gasteiger partial charge >= 0.3 is 0 Å². The zero-order valence-electron chi connectivity index (χ0n) is 11.9. The number of hydrogen-bond donors (Lipinski definition) is 1. The van der Waals surface area contributed by atoms with Crippen molar-refractivity contribution in [2.24, 2.45) is 0 Å². The molecule has 0 saturated carbocycles. The molecule has 1 amide bonds. The summed E-state index contributed by atoms with van der Waals surface area (Å²) in [7, 11) is 0. The van der Waals surface area contributed by atoms with Gasteiger partial charge in [-0.25, -0.2) is 0 Å². The van der Waals surface area contributed by atoms with Gasteiger partial charge < -0.3 is 9.88 Å². The summed E-state index contributed by atoms with van der Waals surface area (Å²) in [6.45, 7) is 1.47.